The highest BCUT2D eigenvalue weighted by Crippen LogP contribution is 2.28. The van der Waals surface area contributed by atoms with E-state index in [1.807, 2.05) is 18.2 Å². The monoisotopic (exact) mass is 313 g/mol. The first-order valence-electron chi connectivity index (χ1n) is 6.11. The highest BCUT2D eigenvalue weighted by Gasteiger charge is 2.18. The maximum Gasteiger partial charge on any atom is 0.130 e. The molecule has 0 amide bonds. The maximum atomic E-state index is 13.8. The Morgan fingerprint density at radius 3 is 2.40 bits per heavy atom. The summed E-state index contributed by atoms with van der Waals surface area (Å²) in [5, 5.41) is 3.60. The Kier molecular flexibility index (Phi) is 5.40. The minimum atomic E-state index is -0.531. The lowest BCUT2D eigenvalue weighted by Gasteiger charge is -2.17. The summed E-state index contributed by atoms with van der Waals surface area (Å²) in [4.78, 5) is 0.967. The Labute approximate surface area is 126 Å². The number of hydrogen-bond acceptors (Lipinski definition) is 2. The van der Waals surface area contributed by atoms with Crippen LogP contribution in [0.4, 0.5) is 8.78 Å². The number of thioether (sulfide) groups is 1. The van der Waals surface area contributed by atoms with E-state index >= 15 is 0 Å². The average molecular weight is 314 g/mol. The Bertz CT molecular complexity index is 572. The van der Waals surface area contributed by atoms with E-state index in [9.17, 15) is 8.78 Å². The van der Waals surface area contributed by atoms with Gasteiger partial charge in [-0.1, -0.05) is 23.7 Å². The van der Waals surface area contributed by atoms with Gasteiger partial charge in [-0.05, 0) is 37.4 Å². The molecule has 0 fully saturated rings. The zero-order chi connectivity index (χ0) is 14.5. The predicted octanol–water partition coefficient (Wildman–Crippen LogP) is 4.67. The molecule has 0 heterocycles. The minimum absolute atomic E-state index is 0.0736. The summed E-state index contributed by atoms with van der Waals surface area (Å²) in [6.07, 6.45) is 0. The van der Waals surface area contributed by atoms with Crippen molar-refractivity contribution >= 4 is 23.4 Å². The fourth-order valence-electron chi connectivity index (χ4n) is 1.89. The maximum absolute atomic E-state index is 13.8. The standard InChI is InChI=1S/C15H14ClF2NS/c1-19-14(15-12(17)6-3-7-13(15)18)9-20-11-5-2-4-10(16)8-11/h2-8,14,19H,9H2,1H3. The molecule has 1 nitrogen and oxygen atoms in total. The summed E-state index contributed by atoms with van der Waals surface area (Å²) in [5.74, 6) is -0.554. The van der Waals surface area contributed by atoms with Crippen molar-refractivity contribution in [1.82, 2.24) is 5.32 Å². The van der Waals surface area contributed by atoms with Crippen LogP contribution in [0.1, 0.15) is 11.6 Å². The Balaban J connectivity index is 2.13. The van der Waals surface area contributed by atoms with Gasteiger partial charge in [-0.25, -0.2) is 8.78 Å². The lowest BCUT2D eigenvalue weighted by atomic mass is 10.1. The second-order valence-electron chi connectivity index (χ2n) is 4.24. The van der Waals surface area contributed by atoms with Crippen molar-refractivity contribution in [2.24, 2.45) is 0 Å². The average Bonchev–Trinajstić information content (AvgIpc) is 2.42. The highest BCUT2D eigenvalue weighted by atomic mass is 35.5. The van der Waals surface area contributed by atoms with Crippen LogP contribution in [0.2, 0.25) is 5.02 Å². The first-order chi connectivity index (χ1) is 9.61. The third-order valence-corrected chi connectivity index (χ3v) is 4.23. The minimum Gasteiger partial charge on any atom is -0.312 e. The molecule has 0 spiro atoms. The van der Waals surface area contributed by atoms with E-state index < -0.39 is 17.7 Å². The van der Waals surface area contributed by atoms with Crippen LogP contribution in [0.5, 0.6) is 0 Å². The van der Waals surface area contributed by atoms with Crippen molar-refractivity contribution in [2.75, 3.05) is 12.8 Å². The fraction of sp³-hybridized carbons (Fsp3) is 0.200. The van der Waals surface area contributed by atoms with Crippen LogP contribution < -0.4 is 5.32 Å². The van der Waals surface area contributed by atoms with E-state index in [-0.39, 0.29) is 5.56 Å². The predicted molar refractivity (Wildman–Crippen MR) is 80.3 cm³/mol. The van der Waals surface area contributed by atoms with Crippen LogP contribution in [0, 0.1) is 11.6 Å². The number of halogens is 3. The molecule has 106 valence electrons. The molecular weight excluding hydrogens is 300 g/mol. The van der Waals surface area contributed by atoms with Crippen LogP contribution in [0.25, 0.3) is 0 Å². The van der Waals surface area contributed by atoms with Crippen LogP contribution >= 0.6 is 23.4 Å². The van der Waals surface area contributed by atoms with E-state index in [0.717, 1.165) is 4.90 Å². The third kappa shape index (κ3) is 3.72. The van der Waals surface area contributed by atoms with Gasteiger partial charge in [-0.15, -0.1) is 11.8 Å². The van der Waals surface area contributed by atoms with Crippen LogP contribution in [-0.4, -0.2) is 12.8 Å². The number of hydrogen-bond donors (Lipinski definition) is 1. The molecule has 2 aromatic rings. The lowest BCUT2D eigenvalue weighted by molar-refractivity contribution is 0.513. The molecule has 0 saturated heterocycles. The molecule has 2 rings (SSSR count). The molecule has 20 heavy (non-hydrogen) atoms. The van der Waals surface area contributed by atoms with Gasteiger partial charge in [-0.2, -0.15) is 0 Å². The van der Waals surface area contributed by atoms with E-state index in [2.05, 4.69) is 5.32 Å². The molecule has 1 unspecified atom stereocenters. The molecule has 2 aromatic carbocycles. The van der Waals surface area contributed by atoms with Gasteiger partial charge in [0.15, 0.2) is 0 Å². The molecule has 0 aliphatic rings. The van der Waals surface area contributed by atoms with Crippen LogP contribution in [0.3, 0.4) is 0 Å². The molecule has 1 atom stereocenters. The van der Waals surface area contributed by atoms with E-state index in [0.29, 0.717) is 10.8 Å². The lowest BCUT2D eigenvalue weighted by Crippen LogP contribution is -2.21. The van der Waals surface area contributed by atoms with Gasteiger partial charge in [0.2, 0.25) is 0 Å². The van der Waals surface area contributed by atoms with E-state index in [1.165, 1.54) is 30.0 Å². The normalized spacial score (nSPS) is 12.4. The number of nitrogens with one attached hydrogen (secondary N) is 1. The van der Waals surface area contributed by atoms with Gasteiger partial charge >= 0.3 is 0 Å². The zero-order valence-corrected chi connectivity index (χ0v) is 12.4. The Hall–Kier alpha value is -1.10. The van der Waals surface area contributed by atoms with Crippen LogP contribution in [0.15, 0.2) is 47.4 Å². The molecule has 0 bridgehead atoms. The van der Waals surface area contributed by atoms with Crippen molar-refractivity contribution in [1.29, 1.82) is 0 Å². The smallest absolute Gasteiger partial charge is 0.130 e. The zero-order valence-electron chi connectivity index (χ0n) is 10.9. The largest absolute Gasteiger partial charge is 0.312 e. The Morgan fingerprint density at radius 1 is 1.15 bits per heavy atom. The number of benzene rings is 2. The third-order valence-electron chi connectivity index (χ3n) is 2.91. The van der Waals surface area contributed by atoms with Gasteiger partial charge in [-0.3, -0.25) is 0 Å². The topological polar surface area (TPSA) is 12.0 Å². The van der Waals surface area contributed by atoms with Crippen molar-refractivity contribution in [3.8, 4) is 0 Å². The fourth-order valence-corrected chi connectivity index (χ4v) is 3.22. The van der Waals surface area contributed by atoms with Gasteiger partial charge in [0, 0.05) is 27.3 Å². The molecular formula is C15H14ClF2NS. The second kappa shape index (κ2) is 7.07. The molecule has 1 N–H and O–H groups in total. The van der Waals surface area contributed by atoms with Gasteiger partial charge in [0.05, 0.1) is 0 Å². The van der Waals surface area contributed by atoms with Gasteiger partial charge in [0.1, 0.15) is 11.6 Å². The summed E-state index contributed by atoms with van der Waals surface area (Å²) in [5.41, 5.74) is 0.0736. The quantitative estimate of drug-likeness (QED) is 0.805. The molecule has 5 heteroatoms. The van der Waals surface area contributed by atoms with Gasteiger partial charge < -0.3 is 5.32 Å². The van der Waals surface area contributed by atoms with Crippen molar-refractivity contribution in [2.45, 2.75) is 10.9 Å². The van der Waals surface area contributed by atoms with Crippen molar-refractivity contribution < 1.29 is 8.78 Å². The van der Waals surface area contributed by atoms with E-state index in [4.69, 9.17) is 11.6 Å². The Morgan fingerprint density at radius 2 is 1.80 bits per heavy atom. The molecule has 0 aliphatic carbocycles. The SMILES string of the molecule is CNC(CSc1cccc(Cl)c1)c1c(F)cccc1F. The van der Waals surface area contributed by atoms with Crippen LogP contribution in [-0.2, 0) is 0 Å². The number of rotatable bonds is 5. The summed E-state index contributed by atoms with van der Waals surface area (Å²) >= 11 is 7.41. The molecule has 0 saturated carbocycles. The first-order valence-corrected chi connectivity index (χ1v) is 7.47. The van der Waals surface area contributed by atoms with E-state index in [1.54, 1.807) is 13.1 Å². The van der Waals surface area contributed by atoms with Gasteiger partial charge in [0.25, 0.3) is 0 Å². The second-order valence-corrected chi connectivity index (χ2v) is 5.77. The molecule has 0 aliphatic heterocycles. The summed E-state index contributed by atoms with van der Waals surface area (Å²) in [7, 11) is 1.69. The summed E-state index contributed by atoms with van der Waals surface area (Å²) in [6, 6.07) is 10.9. The molecule has 0 radical (unpaired) electrons. The summed E-state index contributed by atoms with van der Waals surface area (Å²) < 4.78 is 27.5. The molecule has 0 aromatic heterocycles. The highest BCUT2D eigenvalue weighted by molar-refractivity contribution is 7.99. The summed E-state index contributed by atoms with van der Waals surface area (Å²) in [6.45, 7) is 0. The first kappa shape index (κ1) is 15.3. The van der Waals surface area contributed by atoms with Crippen molar-refractivity contribution in [3.05, 3.63) is 64.7 Å². The van der Waals surface area contributed by atoms with Crippen molar-refractivity contribution in [3.63, 3.8) is 0 Å².